The van der Waals surface area contributed by atoms with Crippen molar-refractivity contribution in [1.29, 1.82) is 0 Å². The molecule has 2 N–H and O–H groups in total. The molecule has 0 spiro atoms. The van der Waals surface area contributed by atoms with Crippen LogP contribution in [0.4, 0.5) is 0 Å². The number of hydrogen-bond acceptors (Lipinski definition) is 3. The number of rotatable bonds is 0. The lowest BCUT2D eigenvalue weighted by Crippen LogP contribution is -2.30. The molecular formula is C6H7N3. The minimum absolute atomic E-state index is 0.804. The third-order valence-electron chi connectivity index (χ3n) is 1.37. The highest BCUT2D eigenvalue weighted by Gasteiger charge is 2.08. The lowest BCUT2D eigenvalue weighted by molar-refractivity contribution is 0.718. The predicted octanol–water partition coefficient (Wildman–Crippen LogP) is -0.0536. The van der Waals surface area contributed by atoms with Gasteiger partial charge in [0.1, 0.15) is 0 Å². The van der Waals surface area contributed by atoms with E-state index in [1.165, 1.54) is 0 Å². The van der Waals surface area contributed by atoms with Gasteiger partial charge in [0.05, 0.1) is 18.6 Å². The first-order valence-corrected chi connectivity index (χ1v) is 2.88. The Balaban J connectivity index is 2.38. The van der Waals surface area contributed by atoms with Crippen molar-refractivity contribution in [3.63, 3.8) is 0 Å². The first kappa shape index (κ1) is 4.61. The second-order valence-electron chi connectivity index (χ2n) is 1.98. The van der Waals surface area contributed by atoms with Crippen LogP contribution in [0.3, 0.4) is 0 Å². The maximum absolute atomic E-state index is 3.97. The van der Waals surface area contributed by atoms with Gasteiger partial charge in [-0.3, -0.25) is 4.99 Å². The Kier molecular flexibility index (Phi) is 0.828. The SMILES string of the molecule is C1=NC=C2NCNC=C12. The van der Waals surface area contributed by atoms with Crippen molar-refractivity contribution >= 4 is 6.21 Å². The predicted molar refractivity (Wildman–Crippen MR) is 35.8 cm³/mol. The maximum Gasteiger partial charge on any atom is 0.0845 e. The van der Waals surface area contributed by atoms with E-state index in [0.29, 0.717) is 0 Å². The molecule has 2 aliphatic heterocycles. The molecule has 2 aliphatic rings. The summed E-state index contributed by atoms with van der Waals surface area (Å²) in [7, 11) is 0. The Morgan fingerprint density at radius 1 is 1.56 bits per heavy atom. The molecule has 0 atom stereocenters. The molecule has 0 unspecified atom stereocenters. The van der Waals surface area contributed by atoms with Crippen molar-refractivity contribution in [3.05, 3.63) is 23.7 Å². The highest BCUT2D eigenvalue weighted by atomic mass is 15.1. The average Bonchev–Trinajstić information content (AvgIpc) is 2.33. The number of aliphatic imine (C=N–C) groups is 1. The van der Waals surface area contributed by atoms with E-state index in [2.05, 4.69) is 15.6 Å². The van der Waals surface area contributed by atoms with E-state index in [1.807, 2.05) is 18.6 Å². The summed E-state index contributed by atoms with van der Waals surface area (Å²) < 4.78 is 0. The van der Waals surface area contributed by atoms with Crippen LogP contribution >= 0.6 is 0 Å². The molecule has 0 aromatic carbocycles. The number of nitrogens with zero attached hydrogens (tertiary/aromatic N) is 1. The highest BCUT2D eigenvalue weighted by Crippen LogP contribution is 2.10. The molecule has 3 nitrogen and oxygen atoms in total. The summed E-state index contributed by atoms with van der Waals surface area (Å²) in [5.41, 5.74) is 2.26. The van der Waals surface area contributed by atoms with Gasteiger partial charge < -0.3 is 10.6 Å². The van der Waals surface area contributed by atoms with Gasteiger partial charge in [0.15, 0.2) is 0 Å². The summed E-state index contributed by atoms with van der Waals surface area (Å²) in [6.45, 7) is 0.804. The van der Waals surface area contributed by atoms with Crippen molar-refractivity contribution in [2.45, 2.75) is 0 Å². The van der Waals surface area contributed by atoms with Gasteiger partial charge >= 0.3 is 0 Å². The molecule has 0 aromatic heterocycles. The molecule has 0 bridgehead atoms. The van der Waals surface area contributed by atoms with Crippen molar-refractivity contribution < 1.29 is 0 Å². The Hall–Kier alpha value is -1.25. The first-order valence-electron chi connectivity index (χ1n) is 2.88. The summed E-state index contributed by atoms with van der Waals surface area (Å²) in [4.78, 5) is 3.97. The molecule has 2 heterocycles. The van der Waals surface area contributed by atoms with Gasteiger partial charge in [-0.15, -0.1) is 0 Å². The largest absolute Gasteiger partial charge is 0.373 e. The lowest BCUT2D eigenvalue weighted by Gasteiger charge is -2.13. The van der Waals surface area contributed by atoms with Gasteiger partial charge in [-0.05, 0) is 0 Å². The molecule has 0 fully saturated rings. The fraction of sp³-hybridized carbons (Fsp3) is 0.167. The normalized spacial score (nSPS) is 21.3. The number of fused-ring (bicyclic) bond motifs is 1. The maximum atomic E-state index is 3.97. The molecule has 9 heavy (non-hydrogen) atoms. The minimum atomic E-state index is 0.804. The second kappa shape index (κ2) is 1.62. The number of allylic oxidation sites excluding steroid dienone is 1. The standard InChI is InChI=1S/C6H7N3/c1-5-2-8-4-9-6(5)3-7-1/h1-3,8-9H,4H2. The van der Waals surface area contributed by atoms with Crippen LogP contribution in [0.5, 0.6) is 0 Å². The van der Waals surface area contributed by atoms with Crippen LogP contribution < -0.4 is 10.6 Å². The van der Waals surface area contributed by atoms with Crippen LogP contribution in [-0.4, -0.2) is 12.9 Å². The fourth-order valence-corrected chi connectivity index (χ4v) is 0.906. The second-order valence-corrected chi connectivity index (χ2v) is 1.98. The van der Waals surface area contributed by atoms with E-state index in [1.54, 1.807) is 0 Å². The lowest BCUT2D eigenvalue weighted by atomic mass is 10.2. The van der Waals surface area contributed by atoms with Crippen molar-refractivity contribution in [2.24, 2.45) is 4.99 Å². The van der Waals surface area contributed by atoms with Crippen LogP contribution in [0.2, 0.25) is 0 Å². The van der Waals surface area contributed by atoms with E-state index in [9.17, 15) is 0 Å². The third kappa shape index (κ3) is 0.614. The summed E-state index contributed by atoms with van der Waals surface area (Å²) in [6, 6.07) is 0. The Labute approximate surface area is 53.2 Å². The van der Waals surface area contributed by atoms with E-state index < -0.39 is 0 Å². The topological polar surface area (TPSA) is 36.4 Å². The molecule has 0 aliphatic carbocycles. The third-order valence-corrected chi connectivity index (χ3v) is 1.37. The summed E-state index contributed by atoms with van der Waals surface area (Å²) >= 11 is 0. The Morgan fingerprint density at radius 3 is 3.44 bits per heavy atom. The van der Waals surface area contributed by atoms with E-state index in [0.717, 1.165) is 17.9 Å². The Morgan fingerprint density at radius 2 is 2.56 bits per heavy atom. The first-order chi connectivity index (χ1) is 4.47. The molecule has 0 radical (unpaired) electrons. The minimum Gasteiger partial charge on any atom is -0.373 e. The van der Waals surface area contributed by atoms with Crippen LogP contribution in [0.1, 0.15) is 0 Å². The van der Waals surface area contributed by atoms with Crippen LogP contribution in [0.15, 0.2) is 28.7 Å². The highest BCUT2D eigenvalue weighted by molar-refractivity contribution is 5.87. The smallest absolute Gasteiger partial charge is 0.0845 e. The van der Waals surface area contributed by atoms with Gasteiger partial charge in [0.2, 0.25) is 0 Å². The van der Waals surface area contributed by atoms with Gasteiger partial charge in [0.25, 0.3) is 0 Å². The van der Waals surface area contributed by atoms with Gasteiger partial charge in [-0.25, -0.2) is 0 Å². The average molecular weight is 121 g/mol. The van der Waals surface area contributed by atoms with E-state index in [-0.39, 0.29) is 0 Å². The monoisotopic (exact) mass is 121 g/mol. The zero-order valence-electron chi connectivity index (χ0n) is 4.89. The quantitative estimate of drug-likeness (QED) is 0.471. The van der Waals surface area contributed by atoms with Gasteiger partial charge in [0, 0.05) is 18.0 Å². The van der Waals surface area contributed by atoms with Crippen molar-refractivity contribution in [1.82, 2.24) is 10.6 Å². The summed E-state index contributed by atoms with van der Waals surface area (Å²) in [5, 5.41) is 6.19. The zero-order chi connectivity index (χ0) is 6.10. The molecule has 2 rings (SSSR count). The molecule has 0 aromatic rings. The van der Waals surface area contributed by atoms with Crippen LogP contribution in [0, 0.1) is 0 Å². The number of nitrogens with one attached hydrogen (secondary N) is 2. The fourth-order valence-electron chi connectivity index (χ4n) is 0.906. The zero-order valence-corrected chi connectivity index (χ0v) is 4.89. The van der Waals surface area contributed by atoms with Crippen molar-refractivity contribution in [2.75, 3.05) is 6.67 Å². The molecule has 0 saturated heterocycles. The van der Waals surface area contributed by atoms with E-state index >= 15 is 0 Å². The number of hydrogen-bond donors (Lipinski definition) is 2. The molecule has 0 amide bonds. The van der Waals surface area contributed by atoms with Crippen LogP contribution in [-0.2, 0) is 0 Å². The van der Waals surface area contributed by atoms with Gasteiger partial charge in [-0.2, -0.15) is 0 Å². The molecule has 3 heteroatoms. The molecular weight excluding hydrogens is 114 g/mol. The van der Waals surface area contributed by atoms with Crippen molar-refractivity contribution in [3.8, 4) is 0 Å². The van der Waals surface area contributed by atoms with Gasteiger partial charge in [-0.1, -0.05) is 0 Å². The Bertz CT molecular complexity index is 212. The molecule has 0 saturated carbocycles. The van der Waals surface area contributed by atoms with Crippen LogP contribution in [0.25, 0.3) is 0 Å². The molecule has 46 valence electrons. The summed E-state index contributed by atoms with van der Waals surface area (Å²) in [6.07, 6.45) is 5.61. The van der Waals surface area contributed by atoms with E-state index in [4.69, 9.17) is 0 Å². The summed E-state index contributed by atoms with van der Waals surface area (Å²) in [5.74, 6) is 0.